The lowest BCUT2D eigenvalue weighted by molar-refractivity contribution is 0.0532. The SMILES string of the molecule is CCN(CC)S(=O)(=O)c1cc(C(=O)N2CCN(C(=O)c3cccs3)CC2)n(C)c1. The molecule has 1 fully saturated rings. The van der Waals surface area contributed by atoms with Gasteiger partial charge in [-0.2, -0.15) is 4.31 Å². The lowest BCUT2D eigenvalue weighted by Crippen LogP contribution is -2.50. The van der Waals surface area contributed by atoms with Crippen molar-refractivity contribution in [2.24, 2.45) is 7.05 Å². The number of hydrogen-bond acceptors (Lipinski definition) is 5. The summed E-state index contributed by atoms with van der Waals surface area (Å²) in [4.78, 5) is 29.7. The molecule has 0 aliphatic carbocycles. The molecule has 0 saturated carbocycles. The molecule has 2 aromatic heterocycles. The summed E-state index contributed by atoms with van der Waals surface area (Å²) in [7, 11) is -1.95. The van der Waals surface area contributed by atoms with Crippen LogP contribution in [0.2, 0.25) is 0 Å². The van der Waals surface area contributed by atoms with Gasteiger partial charge in [-0.3, -0.25) is 9.59 Å². The van der Waals surface area contributed by atoms with E-state index in [-0.39, 0.29) is 16.7 Å². The van der Waals surface area contributed by atoms with E-state index in [1.165, 1.54) is 27.9 Å². The van der Waals surface area contributed by atoms with E-state index in [1.807, 2.05) is 11.4 Å². The van der Waals surface area contributed by atoms with Crippen LogP contribution >= 0.6 is 11.3 Å². The van der Waals surface area contributed by atoms with Crippen LogP contribution in [0.4, 0.5) is 0 Å². The Morgan fingerprint density at radius 2 is 1.66 bits per heavy atom. The highest BCUT2D eigenvalue weighted by atomic mass is 32.2. The molecule has 158 valence electrons. The smallest absolute Gasteiger partial charge is 0.270 e. The number of piperazine rings is 1. The van der Waals surface area contributed by atoms with Gasteiger partial charge in [-0.25, -0.2) is 8.42 Å². The second-order valence-corrected chi connectivity index (χ2v) is 9.71. The zero-order valence-electron chi connectivity index (χ0n) is 16.9. The second-order valence-electron chi connectivity index (χ2n) is 6.82. The predicted octanol–water partition coefficient (Wildman–Crippen LogP) is 1.72. The van der Waals surface area contributed by atoms with Gasteiger partial charge in [0, 0.05) is 52.5 Å². The van der Waals surface area contributed by atoms with E-state index in [0.29, 0.717) is 49.8 Å². The van der Waals surface area contributed by atoms with Crippen molar-refractivity contribution < 1.29 is 18.0 Å². The van der Waals surface area contributed by atoms with E-state index >= 15 is 0 Å². The maximum Gasteiger partial charge on any atom is 0.270 e. The number of carbonyl (C=O) groups excluding carboxylic acids is 2. The third-order valence-electron chi connectivity index (χ3n) is 5.13. The van der Waals surface area contributed by atoms with Crippen LogP contribution in [0.3, 0.4) is 0 Å². The quantitative estimate of drug-likeness (QED) is 0.688. The van der Waals surface area contributed by atoms with E-state index in [1.54, 1.807) is 41.3 Å². The van der Waals surface area contributed by atoms with Crippen LogP contribution in [0.1, 0.15) is 34.0 Å². The second kappa shape index (κ2) is 8.68. The third kappa shape index (κ3) is 4.24. The fraction of sp³-hybridized carbons (Fsp3) is 0.474. The molecule has 0 unspecified atom stereocenters. The summed E-state index contributed by atoms with van der Waals surface area (Å²) in [6.45, 7) is 6.06. The molecule has 3 heterocycles. The number of aromatic nitrogens is 1. The highest BCUT2D eigenvalue weighted by Crippen LogP contribution is 2.20. The van der Waals surface area contributed by atoms with Crippen LogP contribution in [0.25, 0.3) is 0 Å². The molecule has 0 N–H and O–H groups in total. The Kier molecular flexibility index (Phi) is 6.45. The number of hydrogen-bond donors (Lipinski definition) is 0. The van der Waals surface area contributed by atoms with Crippen molar-refractivity contribution >= 4 is 33.2 Å². The van der Waals surface area contributed by atoms with Crippen molar-refractivity contribution in [2.75, 3.05) is 39.3 Å². The monoisotopic (exact) mass is 438 g/mol. The Balaban J connectivity index is 1.70. The maximum absolute atomic E-state index is 13.0. The van der Waals surface area contributed by atoms with Crippen molar-refractivity contribution in [1.82, 2.24) is 18.7 Å². The molecule has 2 amide bonds. The van der Waals surface area contributed by atoms with E-state index < -0.39 is 10.0 Å². The van der Waals surface area contributed by atoms with Gasteiger partial charge in [-0.15, -0.1) is 11.3 Å². The first-order valence-electron chi connectivity index (χ1n) is 9.58. The largest absolute Gasteiger partial charge is 0.345 e. The van der Waals surface area contributed by atoms with Crippen molar-refractivity contribution in [2.45, 2.75) is 18.7 Å². The van der Waals surface area contributed by atoms with Gasteiger partial charge in [0.05, 0.1) is 4.88 Å². The molecule has 3 rings (SSSR count). The summed E-state index contributed by atoms with van der Waals surface area (Å²) in [6, 6.07) is 5.09. The molecule has 1 aliphatic rings. The Labute approximate surface area is 175 Å². The first kappa shape index (κ1) is 21.5. The van der Waals surface area contributed by atoms with Gasteiger partial charge >= 0.3 is 0 Å². The fourth-order valence-corrected chi connectivity index (χ4v) is 5.65. The number of aryl methyl sites for hydroxylation is 1. The average Bonchev–Trinajstić information content (AvgIpc) is 3.38. The topological polar surface area (TPSA) is 82.9 Å². The van der Waals surface area contributed by atoms with Crippen molar-refractivity contribution in [3.8, 4) is 0 Å². The summed E-state index contributed by atoms with van der Waals surface area (Å²) in [5.41, 5.74) is 0.328. The van der Waals surface area contributed by atoms with Gasteiger partial charge < -0.3 is 14.4 Å². The average molecular weight is 439 g/mol. The zero-order valence-corrected chi connectivity index (χ0v) is 18.5. The number of sulfonamides is 1. The van der Waals surface area contributed by atoms with Crippen LogP contribution in [0.15, 0.2) is 34.7 Å². The molecule has 0 radical (unpaired) electrons. The predicted molar refractivity (Wildman–Crippen MR) is 112 cm³/mol. The Bertz CT molecular complexity index is 970. The summed E-state index contributed by atoms with van der Waals surface area (Å²) in [5.74, 6) is -0.240. The van der Waals surface area contributed by atoms with Gasteiger partial charge in [0.1, 0.15) is 10.6 Å². The molecule has 0 bridgehead atoms. The highest BCUT2D eigenvalue weighted by molar-refractivity contribution is 7.89. The van der Waals surface area contributed by atoms with Gasteiger partial charge in [-0.05, 0) is 17.5 Å². The number of carbonyl (C=O) groups is 2. The highest BCUT2D eigenvalue weighted by Gasteiger charge is 2.29. The minimum Gasteiger partial charge on any atom is -0.345 e. The number of nitrogens with zero attached hydrogens (tertiary/aromatic N) is 4. The number of rotatable bonds is 6. The molecular weight excluding hydrogens is 412 g/mol. The van der Waals surface area contributed by atoms with Crippen LogP contribution in [0.5, 0.6) is 0 Å². The summed E-state index contributed by atoms with van der Waals surface area (Å²) >= 11 is 1.41. The van der Waals surface area contributed by atoms with Crippen LogP contribution < -0.4 is 0 Å². The zero-order chi connectivity index (χ0) is 21.2. The van der Waals surface area contributed by atoms with Crippen LogP contribution in [0, 0.1) is 0 Å². The molecule has 1 saturated heterocycles. The lowest BCUT2D eigenvalue weighted by atomic mass is 10.2. The van der Waals surface area contributed by atoms with Gasteiger partial charge in [0.2, 0.25) is 10.0 Å². The van der Waals surface area contributed by atoms with Crippen molar-refractivity contribution in [1.29, 1.82) is 0 Å². The molecule has 29 heavy (non-hydrogen) atoms. The summed E-state index contributed by atoms with van der Waals surface area (Å²) in [5, 5.41) is 1.87. The molecule has 2 aromatic rings. The summed E-state index contributed by atoms with van der Waals surface area (Å²) < 4.78 is 28.4. The Morgan fingerprint density at radius 3 is 2.17 bits per heavy atom. The Morgan fingerprint density at radius 1 is 1.07 bits per heavy atom. The minimum absolute atomic E-state index is 0.0152. The fourth-order valence-electron chi connectivity index (χ4n) is 3.43. The first-order valence-corrected chi connectivity index (χ1v) is 11.9. The van der Waals surface area contributed by atoms with E-state index in [0.717, 1.165) is 0 Å². The van der Waals surface area contributed by atoms with E-state index in [4.69, 9.17) is 0 Å². The molecule has 10 heteroatoms. The standard InChI is InChI=1S/C19H26N4O4S2/c1-4-23(5-2)29(26,27)15-13-16(20(3)14-15)18(24)21-8-10-22(11-9-21)19(25)17-7-6-12-28-17/h6-7,12-14H,4-5,8-11H2,1-3H3. The molecule has 1 aliphatic heterocycles. The molecule has 0 atom stereocenters. The summed E-state index contributed by atoms with van der Waals surface area (Å²) in [6.07, 6.45) is 1.48. The molecule has 8 nitrogen and oxygen atoms in total. The van der Waals surface area contributed by atoms with Gasteiger partial charge in [0.25, 0.3) is 11.8 Å². The van der Waals surface area contributed by atoms with Crippen molar-refractivity contribution in [3.63, 3.8) is 0 Å². The van der Waals surface area contributed by atoms with Gasteiger partial charge in [0.15, 0.2) is 0 Å². The van der Waals surface area contributed by atoms with Crippen LogP contribution in [-0.2, 0) is 17.1 Å². The van der Waals surface area contributed by atoms with E-state index in [9.17, 15) is 18.0 Å². The number of thiophene rings is 1. The lowest BCUT2D eigenvalue weighted by Gasteiger charge is -2.34. The molecule has 0 spiro atoms. The number of amides is 2. The van der Waals surface area contributed by atoms with E-state index in [2.05, 4.69) is 0 Å². The Hall–Kier alpha value is -2.17. The minimum atomic E-state index is -3.62. The first-order chi connectivity index (χ1) is 13.8. The molecule has 0 aromatic carbocycles. The maximum atomic E-state index is 13.0. The molecular formula is C19H26N4O4S2. The van der Waals surface area contributed by atoms with Gasteiger partial charge in [-0.1, -0.05) is 19.9 Å². The van der Waals surface area contributed by atoms with Crippen LogP contribution in [-0.4, -0.2) is 78.2 Å². The third-order valence-corrected chi connectivity index (χ3v) is 8.00. The normalized spacial score (nSPS) is 15.2. The van der Waals surface area contributed by atoms with Crippen molar-refractivity contribution in [3.05, 3.63) is 40.3 Å².